The van der Waals surface area contributed by atoms with Crippen molar-refractivity contribution in [1.29, 1.82) is 0 Å². The molecule has 1 fully saturated rings. The second-order valence-corrected chi connectivity index (χ2v) is 5.93. The molecule has 3 rings (SSSR count). The van der Waals surface area contributed by atoms with Crippen LogP contribution >= 0.6 is 0 Å². The first-order chi connectivity index (χ1) is 9.49. The van der Waals surface area contributed by atoms with Crippen LogP contribution in [0, 0.1) is 0 Å². The summed E-state index contributed by atoms with van der Waals surface area (Å²) in [5, 5.41) is 11.2. The Morgan fingerprint density at radius 3 is 2.75 bits per heavy atom. The van der Waals surface area contributed by atoms with Crippen LogP contribution in [-0.4, -0.2) is 28.1 Å². The highest BCUT2D eigenvalue weighted by atomic mass is 16.4. The van der Waals surface area contributed by atoms with E-state index < -0.39 is 5.97 Å². The van der Waals surface area contributed by atoms with Gasteiger partial charge in [-0.3, -0.25) is 0 Å². The molecule has 0 bridgehead atoms. The Morgan fingerprint density at radius 2 is 2.10 bits per heavy atom. The molecule has 0 aliphatic carbocycles. The summed E-state index contributed by atoms with van der Waals surface area (Å²) in [5.74, 6) is -0.183. The molecule has 0 amide bonds. The predicted octanol–water partition coefficient (Wildman–Crippen LogP) is 3.31. The molecule has 4 heteroatoms. The molecule has 4 nitrogen and oxygen atoms in total. The largest absolute Gasteiger partial charge is 0.477 e. The number of hydrogen-bond acceptors (Lipinski definition) is 3. The number of aromatic nitrogens is 1. The number of carboxylic acids is 1. The third-order valence-electron chi connectivity index (χ3n) is 4.10. The fourth-order valence-corrected chi connectivity index (χ4v) is 3.00. The summed E-state index contributed by atoms with van der Waals surface area (Å²) in [7, 11) is 0. The van der Waals surface area contributed by atoms with Gasteiger partial charge in [-0.05, 0) is 38.1 Å². The molecular formula is C16H18N2O2. The molecule has 1 saturated heterocycles. The van der Waals surface area contributed by atoms with E-state index in [0.717, 1.165) is 36.0 Å². The number of nitrogens with zero attached hydrogens (tertiary/aromatic N) is 2. The maximum absolute atomic E-state index is 11.3. The van der Waals surface area contributed by atoms with Gasteiger partial charge in [0.05, 0.1) is 0 Å². The van der Waals surface area contributed by atoms with Crippen molar-refractivity contribution in [2.75, 3.05) is 11.4 Å². The summed E-state index contributed by atoms with van der Waals surface area (Å²) < 4.78 is 0. The van der Waals surface area contributed by atoms with Crippen LogP contribution in [0.3, 0.4) is 0 Å². The van der Waals surface area contributed by atoms with E-state index in [1.165, 1.54) is 0 Å². The molecule has 2 heterocycles. The molecule has 0 saturated carbocycles. The first-order valence-electron chi connectivity index (χ1n) is 6.90. The maximum Gasteiger partial charge on any atom is 0.354 e. The van der Waals surface area contributed by atoms with Gasteiger partial charge in [0.15, 0.2) is 5.69 Å². The smallest absolute Gasteiger partial charge is 0.354 e. The van der Waals surface area contributed by atoms with Crippen LogP contribution in [-0.2, 0) is 0 Å². The molecule has 1 N–H and O–H groups in total. The van der Waals surface area contributed by atoms with Crippen molar-refractivity contribution < 1.29 is 9.90 Å². The van der Waals surface area contributed by atoms with Gasteiger partial charge in [-0.25, -0.2) is 9.78 Å². The van der Waals surface area contributed by atoms with Crippen LogP contribution in [0.5, 0.6) is 0 Å². The van der Waals surface area contributed by atoms with Gasteiger partial charge in [0.1, 0.15) is 5.82 Å². The minimum atomic E-state index is -0.978. The average Bonchev–Trinajstić information content (AvgIpc) is 2.77. The van der Waals surface area contributed by atoms with Crippen molar-refractivity contribution in [3.05, 3.63) is 36.0 Å². The van der Waals surface area contributed by atoms with E-state index in [-0.39, 0.29) is 11.2 Å². The van der Waals surface area contributed by atoms with Gasteiger partial charge in [0.25, 0.3) is 0 Å². The van der Waals surface area contributed by atoms with Crippen LogP contribution in [0.15, 0.2) is 30.3 Å². The number of rotatable bonds is 2. The van der Waals surface area contributed by atoms with Crippen molar-refractivity contribution in [1.82, 2.24) is 4.98 Å². The van der Waals surface area contributed by atoms with E-state index in [0.29, 0.717) is 0 Å². The van der Waals surface area contributed by atoms with Crippen molar-refractivity contribution in [3.8, 4) is 0 Å². The van der Waals surface area contributed by atoms with Crippen LogP contribution in [0.2, 0.25) is 0 Å². The van der Waals surface area contributed by atoms with E-state index >= 15 is 0 Å². The van der Waals surface area contributed by atoms with Gasteiger partial charge in [-0.15, -0.1) is 0 Å². The van der Waals surface area contributed by atoms with E-state index in [9.17, 15) is 9.90 Å². The Bertz CT molecular complexity index is 679. The van der Waals surface area contributed by atoms with Gasteiger partial charge in [0, 0.05) is 17.5 Å². The lowest BCUT2D eigenvalue weighted by Gasteiger charge is -2.33. The Balaban J connectivity index is 2.25. The van der Waals surface area contributed by atoms with E-state index in [1.54, 1.807) is 6.07 Å². The highest BCUT2D eigenvalue weighted by Gasteiger charge is 2.34. The van der Waals surface area contributed by atoms with Crippen LogP contribution in [0.1, 0.15) is 37.2 Å². The number of benzene rings is 1. The maximum atomic E-state index is 11.3. The van der Waals surface area contributed by atoms with Gasteiger partial charge in [-0.2, -0.15) is 0 Å². The SMILES string of the molecule is CC1(C)CCCN1c1nc(C(=O)O)cc2ccccc12. The van der Waals surface area contributed by atoms with E-state index in [1.807, 2.05) is 24.3 Å². The average molecular weight is 270 g/mol. The molecular weight excluding hydrogens is 252 g/mol. The summed E-state index contributed by atoms with van der Waals surface area (Å²) in [6.45, 7) is 5.29. The van der Waals surface area contributed by atoms with Crippen molar-refractivity contribution in [2.45, 2.75) is 32.2 Å². The molecule has 1 aliphatic heterocycles. The van der Waals surface area contributed by atoms with Crippen LogP contribution in [0.4, 0.5) is 5.82 Å². The Labute approximate surface area is 118 Å². The summed E-state index contributed by atoms with van der Waals surface area (Å²) in [6, 6.07) is 9.49. The minimum Gasteiger partial charge on any atom is -0.477 e. The molecule has 0 spiro atoms. The zero-order chi connectivity index (χ0) is 14.3. The van der Waals surface area contributed by atoms with Crippen LogP contribution in [0.25, 0.3) is 10.8 Å². The molecule has 1 aromatic heterocycles. The molecule has 0 atom stereocenters. The lowest BCUT2D eigenvalue weighted by atomic mass is 10.0. The van der Waals surface area contributed by atoms with Crippen molar-refractivity contribution in [2.24, 2.45) is 0 Å². The first kappa shape index (κ1) is 12.9. The first-order valence-corrected chi connectivity index (χ1v) is 6.90. The van der Waals surface area contributed by atoms with Crippen molar-refractivity contribution in [3.63, 3.8) is 0 Å². The van der Waals surface area contributed by atoms with Gasteiger partial charge < -0.3 is 10.0 Å². The lowest BCUT2D eigenvalue weighted by molar-refractivity contribution is 0.0690. The zero-order valence-corrected chi connectivity index (χ0v) is 11.8. The summed E-state index contributed by atoms with van der Waals surface area (Å²) >= 11 is 0. The monoisotopic (exact) mass is 270 g/mol. The second kappa shape index (κ2) is 4.47. The van der Waals surface area contributed by atoms with E-state index in [4.69, 9.17) is 0 Å². The zero-order valence-electron chi connectivity index (χ0n) is 11.8. The van der Waals surface area contributed by atoms with E-state index in [2.05, 4.69) is 23.7 Å². The fraction of sp³-hybridized carbons (Fsp3) is 0.375. The summed E-state index contributed by atoms with van der Waals surface area (Å²) in [4.78, 5) is 17.9. The molecule has 20 heavy (non-hydrogen) atoms. The Hall–Kier alpha value is -2.10. The minimum absolute atomic E-state index is 0.0207. The summed E-state index contributed by atoms with van der Waals surface area (Å²) in [5.41, 5.74) is 0.133. The third-order valence-corrected chi connectivity index (χ3v) is 4.10. The topological polar surface area (TPSA) is 53.4 Å². The third kappa shape index (κ3) is 2.01. The fourth-order valence-electron chi connectivity index (χ4n) is 3.00. The van der Waals surface area contributed by atoms with Crippen LogP contribution < -0.4 is 4.90 Å². The molecule has 1 aliphatic rings. The number of carboxylic acid groups (broad SMARTS) is 1. The van der Waals surface area contributed by atoms with Crippen molar-refractivity contribution >= 4 is 22.6 Å². The quantitative estimate of drug-likeness (QED) is 0.909. The van der Waals surface area contributed by atoms with Gasteiger partial charge in [0.2, 0.25) is 0 Å². The highest BCUT2D eigenvalue weighted by Crippen LogP contribution is 2.36. The molecule has 1 aromatic carbocycles. The Morgan fingerprint density at radius 1 is 1.35 bits per heavy atom. The van der Waals surface area contributed by atoms with Gasteiger partial charge >= 0.3 is 5.97 Å². The molecule has 2 aromatic rings. The normalized spacial score (nSPS) is 17.6. The summed E-state index contributed by atoms with van der Waals surface area (Å²) in [6.07, 6.45) is 2.21. The number of hydrogen-bond donors (Lipinski definition) is 1. The number of fused-ring (bicyclic) bond motifs is 1. The number of pyridine rings is 1. The molecule has 0 unspecified atom stereocenters. The standard InChI is InChI=1S/C16H18N2O2/c1-16(2)8-5-9-18(16)14-12-7-4-3-6-11(12)10-13(17-14)15(19)20/h3-4,6-7,10H,5,8-9H2,1-2H3,(H,19,20). The second-order valence-electron chi connectivity index (χ2n) is 5.93. The number of anilines is 1. The van der Waals surface area contributed by atoms with Gasteiger partial charge in [-0.1, -0.05) is 24.3 Å². The molecule has 104 valence electrons. The Kier molecular flexibility index (Phi) is 2.89. The highest BCUT2D eigenvalue weighted by molar-refractivity contribution is 5.98. The predicted molar refractivity (Wildman–Crippen MR) is 79.4 cm³/mol. The lowest BCUT2D eigenvalue weighted by Crippen LogP contribution is -2.39. The number of carbonyl (C=O) groups is 1. The molecule has 0 radical (unpaired) electrons. The number of aromatic carboxylic acids is 1.